The van der Waals surface area contributed by atoms with Gasteiger partial charge in [-0.05, 0) is 38.0 Å². The molecule has 1 saturated heterocycles. The number of hydrogen-bond acceptors (Lipinski definition) is 4. The molecule has 3 heterocycles. The first kappa shape index (κ1) is 14.7. The van der Waals surface area contributed by atoms with Crippen molar-refractivity contribution < 1.29 is 9.53 Å². The molecule has 0 unspecified atom stereocenters. The number of aryl methyl sites for hydroxylation is 1. The molecule has 0 aliphatic carbocycles. The first-order valence-corrected chi connectivity index (χ1v) is 7.47. The smallest absolute Gasteiger partial charge is 0.249 e. The number of aromatic nitrogens is 3. The highest BCUT2D eigenvalue weighted by Crippen LogP contribution is 2.31. The zero-order chi connectivity index (χ0) is 15.5. The number of nitrogens with one attached hydrogen (secondary N) is 1. The Morgan fingerprint density at radius 3 is 3.05 bits per heavy atom. The van der Waals surface area contributed by atoms with Gasteiger partial charge in [-0.25, -0.2) is 4.98 Å². The normalized spacial score (nSPS) is 17.9. The molecule has 0 saturated carbocycles. The van der Waals surface area contributed by atoms with E-state index in [-0.39, 0.29) is 18.6 Å². The van der Waals surface area contributed by atoms with E-state index in [0.717, 1.165) is 42.2 Å². The van der Waals surface area contributed by atoms with Crippen LogP contribution in [-0.4, -0.2) is 46.2 Å². The number of carbonyl (C=O) groups excluding carboxylic acids is 1. The lowest BCUT2D eigenvalue weighted by atomic mass is 10.1. The zero-order valence-electron chi connectivity index (χ0n) is 12.9. The lowest BCUT2D eigenvalue weighted by Gasteiger charge is -2.24. The number of amides is 1. The number of H-pyrrole nitrogens is 1. The SMILES string of the molecule is COCC(=O)N1CCC[C@@H]1c1cccc(-c2cc(C)[nH]n2)n1. The summed E-state index contributed by atoms with van der Waals surface area (Å²) < 4.78 is 4.97. The van der Waals surface area contributed by atoms with Gasteiger partial charge in [0.25, 0.3) is 0 Å². The van der Waals surface area contributed by atoms with Crippen LogP contribution in [0.4, 0.5) is 0 Å². The predicted molar refractivity (Wildman–Crippen MR) is 82.1 cm³/mol. The van der Waals surface area contributed by atoms with Crippen molar-refractivity contribution in [3.05, 3.63) is 35.7 Å². The molecule has 6 heteroatoms. The van der Waals surface area contributed by atoms with Gasteiger partial charge in [0, 0.05) is 19.3 Å². The summed E-state index contributed by atoms with van der Waals surface area (Å²) in [5.74, 6) is 0.0211. The Morgan fingerprint density at radius 2 is 2.32 bits per heavy atom. The molecule has 1 N–H and O–H groups in total. The van der Waals surface area contributed by atoms with Gasteiger partial charge in [-0.15, -0.1) is 0 Å². The van der Waals surface area contributed by atoms with E-state index in [1.54, 1.807) is 7.11 Å². The van der Waals surface area contributed by atoms with Crippen LogP contribution >= 0.6 is 0 Å². The highest BCUT2D eigenvalue weighted by Gasteiger charge is 2.30. The van der Waals surface area contributed by atoms with Crippen LogP contribution in [0.5, 0.6) is 0 Å². The van der Waals surface area contributed by atoms with Gasteiger partial charge in [-0.3, -0.25) is 9.89 Å². The fourth-order valence-electron chi connectivity index (χ4n) is 2.91. The lowest BCUT2D eigenvalue weighted by Crippen LogP contribution is -2.33. The number of likely N-dealkylation sites (tertiary alicyclic amines) is 1. The van der Waals surface area contributed by atoms with Crippen molar-refractivity contribution in [2.45, 2.75) is 25.8 Å². The third-order valence-electron chi connectivity index (χ3n) is 3.92. The molecule has 116 valence electrons. The van der Waals surface area contributed by atoms with Gasteiger partial charge in [-0.1, -0.05) is 6.07 Å². The Kier molecular flexibility index (Phi) is 4.20. The van der Waals surface area contributed by atoms with E-state index < -0.39 is 0 Å². The zero-order valence-corrected chi connectivity index (χ0v) is 12.9. The molecular weight excluding hydrogens is 280 g/mol. The highest BCUT2D eigenvalue weighted by molar-refractivity contribution is 5.78. The number of carbonyl (C=O) groups is 1. The minimum absolute atomic E-state index is 0.0211. The molecule has 1 atom stereocenters. The molecule has 0 spiro atoms. The Morgan fingerprint density at radius 1 is 1.45 bits per heavy atom. The Hall–Kier alpha value is -2.21. The summed E-state index contributed by atoms with van der Waals surface area (Å²) in [4.78, 5) is 18.7. The van der Waals surface area contributed by atoms with Crippen LogP contribution in [0.25, 0.3) is 11.4 Å². The van der Waals surface area contributed by atoms with Gasteiger partial charge >= 0.3 is 0 Å². The van der Waals surface area contributed by atoms with Crippen molar-refractivity contribution in [3.8, 4) is 11.4 Å². The summed E-state index contributed by atoms with van der Waals surface area (Å²) in [5.41, 5.74) is 3.57. The van der Waals surface area contributed by atoms with E-state index in [2.05, 4.69) is 10.2 Å². The molecule has 22 heavy (non-hydrogen) atoms. The maximum Gasteiger partial charge on any atom is 0.249 e. The van der Waals surface area contributed by atoms with Crippen LogP contribution in [0, 0.1) is 6.92 Å². The minimum Gasteiger partial charge on any atom is -0.375 e. The largest absolute Gasteiger partial charge is 0.375 e. The third-order valence-corrected chi connectivity index (χ3v) is 3.92. The first-order chi connectivity index (χ1) is 10.7. The molecular formula is C16H20N4O2. The maximum absolute atomic E-state index is 12.1. The average molecular weight is 300 g/mol. The third kappa shape index (κ3) is 2.87. The monoisotopic (exact) mass is 300 g/mol. The van der Waals surface area contributed by atoms with Crippen LogP contribution in [-0.2, 0) is 9.53 Å². The Balaban J connectivity index is 1.86. The van der Waals surface area contributed by atoms with E-state index >= 15 is 0 Å². The minimum atomic E-state index is 0.0211. The van der Waals surface area contributed by atoms with Gasteiger partial charge in [0.2, 0.25) is 5.91 Å². The van der Waals surface area contributed by atoms with E-state index in [4.69, 9.17) is 9.72 Å². The highest BCUT2D eigenvalue weighted by atomic mass is 16.5. The molecule has 1 aliphatic rings. The standard InChI is InChI=1S/C16H20N4O2/c1-11-9-14(19-18-11)12-5-3-6-13(17-12)15-7-4-8-20(15)16(21)10-22-2/h3,5-6,9,15H,4,7-8,10H2,1-2H3,(H,18,19)/t15-/m1/s1. The van der Waals surface area contributed by atoms with E-state index in [1.165, 1.54) is 0 Å². The number of aromatic amines is 1. The molecule has 0 aromatic carbocycles. The van der Waals surface area contributed by atoms with Crippen molar-refractivity contribution >= 4 is 5.91 Å². The Bertz CT molecular complexity index is 668. The Labute approximate surface area is 129 Å². The van der Waals surface area contributed by atoms with Crippen LogP contribution in [0.15, 0.2) is 24.3 Å². The fraction of sp³-hybridized carbons (Fsp3) is 0.438. The number of rotatable bonds is 4. The van der Waals surface area contributed by atoms with Crippen molar-refractivity contribution in [1.82, 2.24) is 20.1 Å². The molecule has 1 amide bonds. The molecule has 0 radical (unpaired) electrons. The predicted octanol–water partition coefficient (Wildman–Crippen LogP) is 2.09. The van der Waals surface area contributed by atoms with E-state index in [1.807, 2.05) is 36.1 Å². The van der Waals surface area contributed by atoms with Crippen LogP contribution in [0.1, 0.15) is 30.3 Å². The maximum atomic E-state index is 12.1. The molecule has 0 bridgehead atoms. The molecule has 2 aromatic heterocycles. The van der Waals surface area contributed by atoms with Crippen LogP contribution in [0.3, 0.4) is 0 Å². The van der Waals surface area contributed by atoms with Gasteiger partial charge in [-0.2, -0.15) is 5.10 Å². The molecule has 1 aliphatic heterocycles. The van der Waals surface area contributed by atoms with Gasteiger partial charge in [0.05, 0.1) is 17.4 Å². The van der Waals surface area contributed by atoms with E-state index in [9.17, 15) is 4.79 Å². The number of pyridine rings is 1. The quantitative estimate of drug-likeness (QED) is 0.938. The number of ether oxygens (including phenoxy) is 1. The van der Waals surface area contributed by atoms with Crippen molar-refractivity contribution in [2.24, 2.45) is 0 Å². The lowest BCUT2D eigenvalue weighted by molar-refractivity contribution is -0.136. The molecule has 1 fully saturated rings. The number of nitrogens with zero attached hydrogens (tertiary/aromatic N) is 3. The first-order valence-electron chi connectivity index (χ1n) is 7.47. The number of hydrogen-bond donors (Lipinski definition) is 1. The fourth-order valence-corrected chi connectivity index (χ4v) is 2.91. The van der Waals surface area contributed by atoms with Crippen LogP contribution in [0.2, 0.25) is 0 Å². The second-order valence-corrected chi connectivity index (χ2v) is 5.56. The number of methoxy groups -OCH3 is 1. The summed E-state index contributed by atoms with van der Waals surface area (Å²) in [6, 6.07) is 7.89. The summed E-state index contributed by atoms with van der Waals surface area (Å²) in [7, 11) is 1.54. The van der Waals surface area contributed by atoms with Crippen molar-refractivity contribution in [1.29, 1.82) is 0 Å². The van der Waals surface area contributed by atoms with Crippen molar-refractivity contribution in [2.75, 3.05) is 20.3 Å². The summed E-state index contributed by atoms with van der Waals surface area (Å²) in [6.07, 6.45) is 1.93. The molecule has 2 aromatic rings. The van der Waals surface area contributed by atoms with Crippen molar-refractivity contribution in [3.63, 3.8) is 0 Å². The van der Waals surface area contributed by atoms with Gasteiger partial charge in [0.15, 0.2) is 0 Å². The summed E-state index contributed by atoms with van der Waals surface area (Å²) in [5, 5.41) is 7.18. The van der Waals surface area contributed by atoms with E-state index in [0.29, 0.717) is 0 Å². The average Bonchev–Trinajstić information content (AvgIpc) is 3.16. The van der Waals surface area contributed by atoms with Gasteiger partial charge in [0.1, 0.15) is 12.3 Å². The molecule has 6 nitrogen and oxygen atoms in total. The summed E-state index contributed by atoms with van der Waals surface area (Å²) >= 11 is 0. The topological polar surface area (TPSA) is 71.1 Å². The second kappa shape index (κ2) is 6.27. The van der Waals surface area contributed by atoms with Crippen LogP contribution < -0.4 is 0 Å². The van der Waals surface area contributed by atoms with Gasteiger partial charge < -0.3 is 9.64 Å². The molecule has 3 rings (SSSR count). The summed E-state index contributed by atoms with van der Waals surface area (Å²) in [6.45, 7) is 2.84. The second-order valence-electron chi connectivity index (χ2n) is 5.56.